The Hall–Kier alpha value is -3.58. The van der Waals surface area contributed by atoms with Crippen LogP contribution in [0, 0.1) is 17.0 Å². The lowest BCUT2D eigenvalue weighted by Gasteiger charge is -2.10. The predicted molar refractivity (Wildman–Crippen MR) is 115 cm³/mol. The molecule has 0 unspecified atom stereocenters. The van der Waals surface area contributed by atoms with Crippen molar-refractivity contribution < 1.29 is 9.72 Å². The molecule has 0 spiro atoms. The summed E-state index contributed by atoms with van der Waals surface area (Å²) in [4.78, 5) is 22.5. The van der Waals surface area contributed by atoms with E-state index >= 15 is 0 Å². The lowest BCUT2D eigenvalue weighted by molar-refractivity contribution is -0.384. The number of hydrogen-bond donors (Lipinski definition) is 2. The second-order valence-corrected chi connectivity index (χ2v) is 6.51. The van der Waals surface area contributed by atoms with Gasteiger partial charge in [-0.2, -0.15) is 0 Å². The van der Waals surface area contributed by atoms with Gasteiger partial charge in [0.05, 0.1) is 4.92 Å². The number of benzene rings is 3. The normalized spacial score (nSPS) is 10.8. The smallest absolute Gasteiger partial charge is 0.269 e. The zero-order chi connectivity index (χ0) is 20.1. The summed E-state index contributed by atoms with van der Waals surface area (Å²) in [5.41, 5.74) is 2.17. The predicted octanol–water partition coefficient (Wildman–Crippen LogP) is 4.58. The van der Waals surface area contributed by atoms with Crippen LogP contribution in [-0.4, -0.2) is 15.9 Å². The van der Waals surface area contributed by atoms with E-state index in [1.165, 1.54) is 18.2 Å². The fourth-order valence-electron chi connectivity index (χ4n) is 2.77. The second kappa shape index (κ2) is 8.41. The van der Waals surface area contributed by atoms with Crippen LogP contribution < -0.4 is 10.6 Å². The molecule has 3 aromatic carbocycles. The summed E-state index contributed by atoms with van der Waals surface area (Å²) in [6, 6.07) is 18.2. The number of thiocarbonyl (C=S) groups is 1. The summed E-state index contributed by atoms with van der Waals surface area (Å²) in [5.74, 6) is -0.370. The Morgan fingerprint density at radius 3 is 2.61 bits per heavy atom. The number of aryl methyl sites for hydroxylation is 1. The maximum Gasteiger partial charge on any atom is 0.269 e. The minimum atomic E-state index is -0.463. The Bertz CT molecular complexity index is 1100. The van der Waals surface area contributed by atoms with Gasteiger partial charge in [-0.25, -0.2) is 0 Å². The van der Waals surface area contributed by atoms with E-state index in [9.17, 15) is 14.9 Å². The van der Waals surface area contributed by atoms with Gasteiger partial charge in [-0.15, -0.1) is 0 Å². The van der Waals surface area contributed by atoms with Crippen molar-refractivity contribution in [1.82, 2.24) is 5.32 Å². The van der Waals surface area contributed by atoms with Crippen LogP contribution in [0.5, 0.6) is 0 Å². The molecule has 0 bridgehead atoms. The van der Waals surface area contributed by atoms with Crippen molar-refractivity contribution in [2.45, 2.75) is 6.92 Å². The third kappa shape index (κ3) is 4.57. The highest BCUT2D eigenvalue weighted by Gasteiger charge is 2.09. The van der Waals surface area contributed by atoms with Crippen molar-refractivity contribution in [3.05, 3.63) is 88.0 Å². The van der Waals surface area contributed by atoms with Gasteiger partial charge >= 0.3 is 0 Å². The van der Waals surface area contributed by atoms with Crippen LogP contribution in [0.25, 0.3) is 16.8 Å². The Labute approximate surface area is 167 Å². The number of amides is 1. The van der Waals surface area contributed by atoms with Gasteiger partial charge in [0.1, 0.15) is 0 Å². The molecule has 2 N–H and O–H groups in total. The Morgan fingerprint density at radius 1 is 1.11 bits per heavy atom. The molecule has 0 aliphatic heterocycles. The molecule has 1 amide bonds. The van der Waals surface area contributed by atoms with Gasteiger partial charge in [-0.1, -0.05) is 42.5 Å². The van der Waals surface area contributed by atoms with E-state index in [1.807, 2.05) is 42.5 Å². The van der Waals surface area contributed by atoms with Crippen LogP contribution in [-0.2, 0) is 4.79 Å². The Morgan fingerprint density at radius 2 is 1.86 bits per heavy atom. The average molecular weight is 391 g/mol. The number of nitro groups is 1. The van der Waals surface area contributed by atoms with Crippen LogP contribution in [0.1, 0.15) is 11.1 Å². The first-order valence-electron chi connectivity index (χ1n) is 8.47. The van der Waals surface area contributed by atoms with E-state index in [1.54, 1.807) is 19.1 Å². The average Bonchev–Trinajstić information content (AvgIpc) is 2.67. The third-order valence-corrected chi connectivity index (χ3v) is 4.35. The fraction of sp³-hybridized carbons (Fsp3) is 0.0476. The van der Waals surface area contributed by atoms with Gasteiger partial charge in [-0.3, -0.25) is 20.2 Å². The molecular formula is C21H17N3O3S. The number of rotatable bonds is 4. The van der Waals surface area contributed by atoms with Crippen molar-refractivity contribution in [3.8, 4) is 0 Å². The molecule has 0 radical (unpaired) electrons. The van der Waals surface area contributed by atoms with Crippen LogP contribution in [0.2, 0.25) is 0 Å². The van der Waals surface area contributed by atoms with Crippen LogP contribution in [0.4, 0.5) is 11.4 Å². The summed E-state index contributed by atoms with van der Waals surface area (Å²) in [7, 11) is 0. The van der Waals surface area contributed by atoms with Crippen molar-refractivity contribution in [1.29, 1.82) is 0 Å². The fourth-order valence-corrected chi connectivity index (χ4v) is 2.98. The first-order chi connectivity index (χ1) is 13.4. The second-order valence-electron chi connectivity index (χ2n) is 6.10. The van der Waals surface area contributed by atoms with Crippen LogP contribution >= 0.6 is 12.2 Å². The molecule has 0 saturated carbocycles. The molecule has 0 saturated heterocycles. The minimum absolute atomic E-state index is 0.00368. The lowest BCUT2D eigenvalue weighted by atomic mass is 10.0. The number of hydrogen-bond acceptors (Lipinski definition) is 4. The monoisotopic (exact) mass is 391 g/mol. The van der Waals surface area contributed by atoms with Crippen molar-refractivity contribution in [2.75, 3.05) is 5.32 Å². The quantitative estimate of drug-likeness (QED) is 0.294. The zero-order valence-electron chi connectivity index (χ0n) is 15.0. The summed E-state index contributed by atoms with van der Waals surface area (Å²) in [5, 5.41) is 18.5. The molecule has 0 aliphatic carbocycles. The lowest BCUT2D eigenvalue weighted by Crippen LogP contribution is -2.33. The number of carbonyl (C=O) groups excluding carboxylic acids is 1. The van der Waals surface area contributed by atoms with E-state index in [-0.39, 0.29) is 16.7 Å². The van der Waals surface area contributed by atoms with E-state index in [0.29, 0.717) is 11.3 Å². The topological polar surface area (TPSA) is 84.3 Å². The van der Waals surface area contributed by atoms with Gasteiger partial charge in [0.25, 0.3) is 5.69 Å². The van der Waals surface area contributed by atoms with Gasteiger partial charge < -0.3 is 5.32 Å². The van der Waals surface area contributed by atoms with Gasteiger partial charge in [0.2, 0.25) is 5.91 Å². The molecule has 0 atom stereocenters. The van der Waals surface area contributed by atoms with Crippen molar-refractivity contribution in [2.24, 2.45) is 0 Å². The Balaban J connectivity index is 1.65. The number of fused-ring (bicyclic) bond motifs is 1. The van der Waals surface area contributed by atoms with Crippen LogP contribution in [0.3, 0.4) is 0 Å². The molecule has 3 aromatic rings. The standard InChI is InChI=1S/C21H17N3O3S/c1-14-13-17(24(26)27)10-11-19(14)22-21(28)23-20(25)12-9-16-7-4-6-15-5-2-3-8-18(15)16/h2-13H,1H3,(H2,22,23,25,28)/b12-9+. The molecular weight excluding hydrogens is 374 g/mol. The summed E-state index contributed by atoms with van der Waals surface area (Å²) in [6.07, 6.45) is 3.15. The summed E-state index contributed by atoms with van der Waals surface area (Å²) in [6.45, 7) is 1.72. The summed E-state index contributed by atoms with van der Waals surface area (Å²) >= 11 is 5.15. The molecule has 7 heteroatoms. The first kappa shape index (κ1) is 19.2. The third-order valence-electron chi connectivity index (χ3n) is 4.14. The van der Waals surface area contributed by atoms with Gasteiger partial charge in [-0.05, 0) is 53.2 Å². The maximum atomic E-state index is 12.2. The summed E-state index contributed by atoms with van der Waals surface area (Å²) < 4.78 is 0. The van der Waals surface area contributed by atoms with E-state index in [2.05, 4.69) is 10.6 Å². The molecule has 0 fully saturated rings. The van der Waals surface area contributed by atoms with E-state index in [0.717, 1.165) is 16.3 Å². The maximum absolute atomic E-state index is 12.2. The highest BCUT2D eigenvalue weighted by atomic mass is 32.1. The number of nitro benzene ring substituents is 1. The van der Waals surface area contributed by atoms with Crippen molar-refractivity contribution >= 4 is 51.5 Å². The first-order valence-corrected chi connectivity index (χ1v) is 8.88. The number of nitrogens with one attached hydrogen (secondary N) is 2. The molecule has 3 rings (SSSR count). The van der Waals surface area contributed by atoms with E-state index in [4.69, 9.17) is 12.2 Å². The SMILES string of the molecule is Cc1cc([N+](=O)[O-])ccc1NC(=S)NC(=O)/C=C/c1cccc2ccccc12. The van der Waals surface area contributed by atoms with Gasteiger partial charge in [0.15, 0.2) is 5.11 Å². The molecule has 140 valence electrons. The highest BCUT2D eigenvalue weighted by molar-refractivity contribution is 7.80. The highest BCUT2D eigenvalue weighted by Crippen LogP contribution is 2.21. The van der Waals surface area contributed by atoms with E-state index < -0.39 is 4.92 Å². The van der Waals surface area contributed by atoms with Gasteiger partial charge in [0, 0.05) is 23.9 Å². The molecule has 28 heavy (non-hydrogen) atoms. The number of nitrogens with zero attached hydrogens (tertiary/aromatic N) is 1. The number of non-ortho nitro benzene ring substituents is 1. The molecule has 0 aromatic heterocycles. The molecule has 0 heterocycles. The zero-order valence-corrected chi connectivity index (χ0v) is 15.8. The van der Waals surface area contributed by atoms with Crippen LogP contribution in [0.15, 0.2) is 66.7 Å². The molecule has 6 nitrogen and oxygen atoms in total. The minimum Gasteiger partial charge on any atom is -0.332 e. The largest absolute Gasteiger partial charge is 0.332 e. The Kier molecular flexibility index (Phi) is 5.76. The molecule has 0 aliphatic rings. The number of anilines is 1. The van der Waals surface area contributed by atoms with Crippen molar-refractivity contribution in [3.63, 3.8) is 0 Å². The number of carbonyl (C=O) groups is 1.